The zero-order valence-electron chi connectivity index (χ0n) is 12.3. The molecule has 0 aliphatic heterocycles. The highest BCUT2D eigenvalue weighted by molar-refractivity contribution is 7.80. The summed E-state index contributed by atoms with van der Waals surface area (Å²) in [5.74, 6) is -0.0941. The highest BCUT2D eigenvalue weighted by Gasteiger charge is 2.10. The number of anilines is 1. The molecule has 0 unspecified atom stereocenters. The van der Waals surface area contributed by atoms with Crippen molar-refractivity contribution in [3.63, 3.8) is 0 Å². The van der Waals surface area contributed by atoms with E-state index in [0.29, 0.717) is 17.8 Å². The lowest BCUT2D eigenvalue weighted by atomic mass is 10.2. The van der Waals surface area contributed by atoms with E-state index in [1.165, 1.54) is 0 Å². The summed E-state index contributed by atoms with van der Waals surface area (Å²) in [6, 6.07) is 7.23. The molecule has 0 aliphatic rings. The lowest BCUT2D eigenvalue weighted by Crippen LogP contribution is -2.31. The molecule has 0 aliphatic carbocycles. The molecule has 1 rings (SSSR count). The molecule has 0 spiro atoms. The van der Waals surface area contributed by atoms with Crippen molar-refractivity contribution in [1.29, 1.82) is 0 Å². The van der Waals surface area contributed by atoms with Crippen molar-refractivity contribution in [2.75, 3.05) is 32.1 Å². The van der Waals surface area contributed by atoms with E-state index < -0.39 is 0 Å². The number of likely N-dealkylation sites (N-methyl/N-ethyl adjacent to an activating group) is 1. The number of carbonyl (C=O) groups excluding carboxylic acids is 1. The van der Waals surface area contributed by atoms with Crippen LogP contribution < -0.4 is 11.1 Å². The number of rotatable bonds is 9. The number of nitrogens with two attached hydrogens (primary N) is 1. The second-order valence-electron chi connectivity index (χ2n) is 4.98. The molecule has 5 nitrogen and oxygen atoms in total. The van der Waals surface area contributed by atoms with E-state index in [9.17, 15) is 4.79 Å². The lowest BCUT2D eigenvalue weighted by molar-refractivity contribution is -0.117. The number of unbranched alkanes of at least 4 members (excludes halogenated alkanes) is 2. The standard InChI is InChI=1S/C15H23N3O2S/c1-18(9-5-2-6-10-19)11-14(20)17-13-8-4-3-7-12(13)15(16)21/h3-4,7-8,19H,2,5-6,9-11H2,1H3,(H2,16,21)(H,17,20). The molecule has 0 heterocycles. The van der Waals surface area contributed by atoms with Crippen LogP contribution in [0.15, 0.2) is 24.3 Å². The molecule has 0 aromatic heterocycles. The Kier molecular flexibility index (Phi) is 7.89. The van der Waals surface area contributed by atoms with Gasteiger partial charge < -0.3 is 16.2 Å². The largest absolute Gasteiger partial charge is 0.396 e. The predicted octanol–water partition coefficient (Wildman–Crippen LogP) is 1.35. The summed E-state index contributed by atoms with van der Waals surface area (Å²) in [5.41, 5.74) is 6.95. The first-order chi connectivity index (χ1) is 10.0. The summed E-state index contributed by atoms with van der Waals surface area (Å²) in [6.07, 6.45) is 2.74. The maximum Gasteiger partial charge on any atom is 0.238 e. The van der Waals surface area contributed by atoms with Gasteiger partial charge in [-0.1, -0.05) is 24.4 Å². The molecule has 0 fully saturated rings. The van der Waals surface area contributed by atoms with Crippen LogP contribution in [0.4, 0.5) is 5.69 Å². The van der Waals surface area contributed by atoms with Gasteiger partial charge in [-0.2, -0.15) is 0 Å². The molecule has 116 valence electrons. The zero-order valence-corrected chi connectivity index (χ0v) is 13.2. The van der Waals surface area contributed by atoms with Crippen molar-refractivity contribution in [2.45, 2.75) is 19.3 Å². The molecule has 1 amide bonds. The van der Waals surface area contributed by atoms with Crippen molar-refractivity contribution < 1.29 is 9.90 Å². The molecule has 1 aromatic rings. The van der Waals surface area contributed by atoms with Gasteiger partial charge in [0.15, 0.2) is 0 Å². The molecular formula is C15H23N3O2S. The van der Waals surface area contributed by atoms with Gasteiger partial charge in [0.1, 0.15) is 4.99 Å². The van der Waals surface area contributed by atoms with Gasteiger partial charge in [0.25, 0.3) is 0 Å². The molecule has 0 saturated carbocycles. The number of thiocarbonyl (C=S) groups is 1. The van der Waals surface area contributed by atoms with Crippen molar-refractivity contribution in [1.82, 2.24) is 4.90 Å². The average Bonchev–Trinajstić information content (AvgIpc) is 2.43. The molecule has 0 radical (unpaired) electrons. The monoisotopic (exact) mass is 309 g/mol. The smallest absolute Gasteiger partial charge is 0.238 e. The SMILES string of the molecule is CN(CCCCCO)CC(=O)Nc1ccccc1C(N)=S. The number of hydrogen-bond acceptors (Lipinski definition) is 4. The van der Waals surface area contributed by atoms with E-state index in [0.717, 1.165) is 25.8 Å². The minimum atomic E-state index is -0.0941. The predicted molar refractivity (Wildman–Crippen MR) is 89.4 cm³/mol. The summed E-state index contributed by atoms with van der Waals surface area (Å²) in [4.78, 5) is 14.2. The number of amides is 1. The fourth-order valence-electron chi connectivity index (χ4n) is 1.99. The minimum absolute atomic E-state index is 0.0941. The van der Waals surface area contributed by atoms with Gasteiger partial charge in [-0.15, -0.1) is 0 Å². The number of nitrogens with zero attached hydrogens (tertiary/aromatic N) is 1. The van der Waals surface area contributed by atoms with Gasteiger partial charge >= 0.3 is 0 Å². The Balaban J connectivity index is 2.45. The summed E-state index contributed by atoms with van der Waals surface area (Å²) >= 11 is 4.97. The van der Waals surface area contributed by atoms with Gasteiger partial charge in [0, 0.05) is 12.2 Å². The van der Waals surface area contributed by atoms with E-state index in [1.54, 1.807) is 12.1 Å². The Morgan fingerprint density at radius 1 is 1.33 bits per heavy atom. The lowest BCUT2D eigenvalue weighted by Gasteiger charge is -2.17. The highest BCUT2D eigenvalue weighted by atomic mass is 32.1. The van der Waals surface area contributed by atoms with E-state index in [4.69, 9.17) is 23.1 Å². The molecule has 6 heteroatoms. The van der Waals surface area contributed by atoms with Crippen LogP contribution in [0.3, 0.4) is 0 Å². The second-order valence-corrected chi connectivity index (χ2v) is 5.42. The van der Waals surface area contributed by atoms with Crippen molar-refractivity contribution in [3.8, 4) is 0 Å². The Morgan fingerprint density at radius 2 is 2.05 bits per heavy atom. The number of para-hydroxylation sites is 1. The quantitative estimate of drug-likeness (QED) is 0.474. The Morgan fingerprint density at radius 3 is 2.71 bits per heavy atom. The van der Waals surface area contributed by atoms with Crippen LogP contribution >= 0.6 is 12.2 Å². The topological polar surface area (TPSA) is 78.6 Å². The first kappa shape index (κ1) is 17.6. The van der Waals surface area contributed by atoms with Crippen LogP contribution in [0.1, 0.15) is 24.8 Å². The fraction of sp³-hybridized carbons (Fsp3) is 0.467. The molecule has 4 N–H and O–H groups in total. The van der Waals surface area contributed by atoms with Crippen LogP contribution in [-0.4, -0.2) is 47.6 Å². The summed E-state index contributed by atoms with van der Waals surface area (Å²) in [7, 11) is 1.90. The minimum Gasteiger partial charge on any atom is -0.396 e. The summed E-state index contributed by atoms with van der Waals surface area (Å²) in [6.45, 7) is 1.36. The number of aliphatic hydroxyl groups excluding tert-OH is 1. The van der Waals surface area contributed by atoms with Crippen LogP contribution in [-0.2, 0) is 4.79 Å². The molecular weight excluding hydrogens is 286 g/mol. The number of nitrogens with one attached hydrogen (secondary N) is 1. The Labute approximate surface area is 131 Å². The fourth-order valence-corrected chi connectivity index (χ4v) is 2.17. The highest BCUT2D eigenvalue weighted by Crippen LogP contribution is 2.14. The molecule has 0 bridgehead atoms. The van der Waals surface area contributed by atoms with E-state index in [-0.39, 0.29) is 17.5 Å². The number of hydrogen-bond donors (Lipinski definition) is 3. The van der Waals surface area contributed by atoms with Crippen LogP contribution in [0, 0.1) is 0 Å². The van der Waals surface area contributed by atoms with Gasteiger partial charge in [0.2, 0.25) is 5.91 Å². The third-order valence-electron chi connectivity index (χ3n) is 3.08. The average molecular weight is 309 g/mol. The Bertz CT molecular complexity index is 480. The second kappa shape index (κ2) is 9.44. The van der Waals surface area contributed by atoms with Gasteiger partial charge in [-0.3, -0.25) is 9.69 Å². The summed E-state index contributed by atoms with van der Waals surface area (Å²) in [5, 5.41) is 11.5. The number of carbonyl (C=O) groups is 1. The van der Waals surface area contributed by atoms with Crippen LogP contribution in [0.25, 0.3) is 0 Å². The molecule has 1 aromatic carbocycles. The van der Waals surface area contributed by atoms with E-state index in [2.05, 4.69) is 5.32 Å². The Hall–Kier alpha value is -1.50. The van der Waals surface area contributed by atoms with E-state index >= 15 is 0 Å². The van der Waals surface area contributed by atoms with Crippen LogP contribution in [0.2, 0.25) is 0 Å². The molecule has 0 atom stereocenters. The molecule has 0 saturated heterocycles. The number of aliphatic hydroxyl groups is 1. The van der Waals surface area contributed by atoms with Gasteiger partial charge in [-0.25, -0.2) is 0 Å². The van der Waals surface area contributed by atoms with Gasteiger partial charge in [-0.05, 0) is 45.0 Å². The third-order valence-corrected chi connectivity index (χ3v) is 3.30. The maximum absolute atomic E-state index is 12.0. The molecule has 21 heavy (non-hydrogen) atoms. The van der Waals surface area contributed by atoms with Crippen molar-refractivity contribution in [3.05, 3.63) is 29.8 Å². The normalized spacial score (nSPS) is 10.6. The first-order valence-electron chi connectivity index (χ1n) is 7.02. The van der Waals surface area contributed by atoms with Crippen molar-refractivity contribution in [2.24, 2.45) is 5.73 Å². The number of benzene rings is 1. The zero-order chi connectivity index (χ0) is 15.7. The maximum atomic E-state index is 12.0. The van der Waals surface area contributed by atoms with Gasteiger partial charge in [0.05, 0.1) is 12.2 Å². The van der Waals surface area contributed by atoms with Crippen molar-refractivity contribution >= 4 is 28.8 Å². The third kappa shape index (κ3) is 6.66. The van der Waals surface area contributed by atoms with Crippen LogP contribution in [0.5, 0.6) is 0 Å². The van der Waals surface area contributed by atoms with E-state index in [1.807, 2.05) is 24.1 Å². The first-order valence-corrected chi connectivity index (χ1v) is 7.43. The summed E-state index contributed by atoms with van der Waals surface area (Å²) < 4.78 is 0.